The summed E-state index contributed by atoms with van der Waals surface area (Å²) in [6.07, 6.45) is 4.51. The minimum absolute atomic E-state index is 0.294. The first-order valence-electron chi connectivity index (χ1n) is 6.81. The molecule has 1 aromatic carbocycles. The van der Waals surface area contributed by atoms with Gasteiger partial charge in [-0.1, -0.05) is 12.1 Å². The fraction of sp³-hybridized carbons (Fsp3) is 0.600. The molecule has 1 atom stereocenters. The number of benzene rings is 1. The Labute approximate surface area is 109 Å². The molecule has 100 valence electrons. The molecule has 0 aromatic heterocycles. The molecule has 2 rings (SSSR count). The number of hydrogen-bond donors (Lipinski definition) is 1. The van der Waals surface area contributed by atoms with Crippen LogP contribution in [-0.4, -0.2) is 42.9 Å². The van der Waals surface area contributed by atoms with Crippen LogP contribution in [0, 0.1) is 0 Å². The summed E-state index contributed by atoms with van der Waals surface area (Å²) < 4.78 is 5.26. The van der Waals surface area contributed by atoms with Gasteiger partial charge in [-0.3, -0.25) is 4.90 Å². The van der Waals surface area contributed by atoms with Gasteiger partial charge >= 0.3 is 0 Å². The minimum Gasteiger partial charge on any atom is -0.497 e. The first-order chi connectivity index (χ1) is 8.83. The Bertz CT molecular complexity index is 367. The average Bonchev–Trinajstić information content (AvgIpc) is 2.84. The maximum Gasteiger partial charge on any atom is 0.119 e. The molecular formula is C15H23NO2. The third kappa shape index (κ3) is 3.47. The van der Waals surface area contributed by atoms with E-state index in [0.29, 0.717) is 12.6 Å². The summed E-state index contributed by atoms with van der Waals surface area (Å²) in [6, 6.07) is 8.97. The lowest BCUT2D eigenvalue weighted by Crippen LogP contribution is -2.32. The second-order valence-corrected chi connectivity index (χ2v) is 4.96. The number of methoxy groups -OCH3 is 1. The Morgan fingerprint density at radius 2 is 2.33 bits per heavy atom. The monoisotopic (exact) mass is 249 g/mol. The molecule has 0 unspecified atom stereocenters. The normalized spacial score (nSPS) is 20.2. The molecule has 18 heavy (non-hydrogen) atoms. The van der Waals surface area contributed by atoms with Crippen molar-refractivity contribution < 1.29 is 9.84 Å². The molecule has 3 heteroatoms. The van der Waals surface area contributed by atoms with Crippen LogP contribution in [0.1, 0.15) is 24.8 Å². The number of hydrogen-bond acceptors (Lipinski definition) is 3. The largest absolute Gasteiger partial charge is 0.497 e. The molecule has 0 spiro atoms. The Kier molecular flexibility index (Phi) is 5.02. The van der Waals surface area contributed by atoms with E-state index in [1.54, 1.807) is 7.11 Å². The van der Waals surface area contributed by atoms with Crippen LogP contribution in [0.15, 0.2) is 24.3 Å². The molecule has 1 heterocycles. The molecule has 1 aliphatic heterocycles. The summed E-state index contributed by atoms with van der Waals surface area (Å²) in [5, 5.41) is 8.93. The van der Waals surface area contributed by atoms with E-state index < -0.39 is 0 Å². The predicted octanol–water partition coefficient (Wildman–Crippen LogP) is 2.08. The molecule has 1 N–H and O–H groups in total. The molecule has 0 bridgehead atoms. The second-order valence-electron chi connectivity index (χ2n) is 4.96. The van der Waals surface area contributed by atoms with Gasteiger partial charge in [-0.25, -0.2) is 0 Å². The number of likely N-dealkylation sites (tertiary alicyclic amines) is 1. The predicted molar refractivity (Wildman–Crippen MR) is 73.0 cm³/mol. The van der Waals surface area contributed by atoms with Gasteiger partial charge in [0.25, 0.3) is 0 Å². The van der Waals surface area contributed by atoms with Crippen LogP contribution < -0.4 is 4.74 Å². The van der Waals surface area contributed by atoms with Gasteiger partial charge < -0.3 is 9.84 Å². The standard InChI is InChI=1S/C15H23NO2/c1-18-15-7-2-5-13(12-15)11-14-6-3-8-16(14)9-4-10-17/h2,5,7,12,14,17H,3-4,6,8-11H2,1H3/t14-/m1/s1. The fourth-order valence-corrected chi connectivity index (χ4v) is 2.77. The smallest absolute Gasteiger partial charge is 0.119 e. The quantitative estimate of drug-likeness (QED) is 0.838. The van der Waals surface area contributed by atoms with E-state index in [1.807, 2.05) is 6.07 Å². The van der Waals surface area contributed by atoms with Crippen molar-refractivity contribution in [2.24, 2.45) is 0 Å². The van der Waals surface area contributed by atoms with E-state index >= 15 is 0 Å². The molecule has 1 fully saturated rings. The van der Waals surface area contributed by atoms with Gasteiger partial charge in [-0.15, -0.1) is 0 Å². The summed E-state index contributed by atoms with van der Waals surface area (Å²) in [6.45, 7) is 2.49. The lowest BCUT2D eigenvalue weighted by atomic mass is 10.0. The van der Waals surface area contributed by atoms with Gasteiger partial charge in [0.15, 0.2) is 0 Å². The maximum absolute atomic E-state index is 8.93. The number of aliphatic hydroxyl groups excluding tert-OH is 1. The van der Waals surface area contributed by atoms with Crippen molar-refractivity contribution in [1.29, 1.82) is 0 Å². The molecule has 3 nitrogen and oxygen atoms in total. The van der Waals surface area contributed by atoms with Gasteiger partial charge in [0, 0.05) is 19.2 Å². The Hall–Kier alpha value is -1.06. The third-order valence-electron chi connectivity index (χ3n) is 3.71. The Morgan fingerprint density at radius 3 is 3.11 bits per heavy atom. The number of nitrogens with zero attached hydrogens (tertiary/aromatic N) is 1. The van der Waals surface area contributed by atoms with Crippen molar-refractivity contribution in [3.05, 3.63) is 29.8 Å². The van der Waals surface area contributed by atoms with E-state index in [9.17, 15) is 0 Å². The van der Waals surface area contributed by atoms with Crippen molar-refractivity contribution in [2.45, 2.75) is 31.7 Å². The SMILES string of the molecule is COc1cccc(C[C@H]2CCCN2CCCO)c1. The zero-order chi connectivity index (χ0) is 12.8. The maximum atomic E-state index is 8.93. The van der Waals surface area contributed by atoms with Crippen molar-refractivity contribution in [1.82, 2.24) is 4.90 Å². The lowest BCUT2D eigenvalue weighted by molar-refractivity contribution is 0.212. The number of aliphatic hydroxyl groups is 1. The van der Waals surface area contributed by atoms with Crippen molar-refractivity contribution >= 4 is 0 Å². The highest BCUT2D eigenvalue weighted by molar-refractivity contribution is 5.29. The average molecular weight is 249 g/mol. The molecule has 0 amide bonds. The highest BCUT2D eigenvalue weighted by Gasteiger charge is 2.23. The van der Waals surface area contributed by atoms with Gasteiger partial charge in [0.2, 0.25) is 0 Å². The second kappa shape index (κ2) is 6.76. The van der Waals surface area contributed by atoms with Crippen LogP contribution in [-0.2, 0) is 6.42 Å². The van der Waals surface area contributed by atoms with Crippen LogP contribution in [0.3, 0.4) is 0 Å². The molecular weight excluding hydrogens is 226 g/mol. The van der Waals surface area contributed by atoms with Gasteiger partial charge in [0.1, 0.15) is 5.75 Å². The van der Waals surface area contributed by atoms with Crippen LogP contribution in [0.4, 0.5) is 0 Å². The van der Waals surface area contributed by atoms with E-state index in [2.05, 4.69) is 23.1 Å². The van der Waals surface area contributed by atoms with Crippen LogP contribution in [0.25, 0.3) is 0 Å². The minimum atomic E-state index is 0.294. The number of ether oxygens (including phenoxy) is 1. The van der Waals surface area contributed by atoms with Crippen molar-refractivity contribution in [3.63, 3.8) is 0 Å². The lowest BCUT2D eigenvalue weighted by Gasteiger charge is -2.24. The van der Waals surface area contributed by atoms with Crippen LogP contribution in [0.2, 0.25) is 0 Å². The Balaban J connectivity index is 1.94. The molecule has 1 saturated heterocycles. The molecule has 0 saturated carbocycles. The summed E-state index contributed by atoms with van der Waals surface area (Å²) in [5.41, 5.74) is 1.34. The van der Waals surface area contributed by atoms with Crippen molar-refractivity contribution in [3.8, 4) is 5.75 Å². The van der Waals surface area contributed by atoms with Gasteiger partial charge in [-0.2, -0.15) is 0 Å². The summed E-state index contributed by atoms with van der Waals surface area (Å²) in [7, 11) is 1.71. The fourth-order valence-electron chi connectivity index (χ4n) is 2.77. The molecule has 1 aromatic rings. The van der Waals surface area contributed by atoms with E-state index in [4.69, 9.17) is 9.84 Å². The van der Waals surface area contributed by atoms with E-state index in [0.717, 1.165) is 25.1 Å². The van der Waals surface area contributed by atoms with E-state index in [1.165, 1.54) is 24.9 Å². The molecule has 1 aliphatic rings. The zero-order valence-electron chi connectivity index (χ0n) is 11.1. The summed E-state index contributed by atoms with van der Waals surface area (Å²) >= 11 is 0. The van der Waals surface area contributed by atoms with Crippen molar-refractivity contribution in [2.75, 3.05) is 26.8 Å². The molecule has 0 radical (unpaired) electrons. The zero-order valence-corrected chi connectivity index (χ0v) is 11.1. The summed E-state index contributed by atoms with van der Waals surface area (Å²) in [4.78, 5) is 2.51. The first kappa shape index (κ1) is 13.4. The highest BCUT2D eigenvalue weighted by atomic mass is 16.5. The van der Waals surface area contributed by atoms with Gasteiger partial charge in [-0.05, 0) is 49.9 Å². The number of rotatable bonds is 6. The highest BCUT2D eigenvalue weighted by Crippen LogP contribution is 2.23. The van der Waals surface area contributed by atoms with E-state index in [-0.39, 0.29) is 0 Å². The Morgan fingerprint density at radius 1 is 1.44 bits per heavy atom. The van der Waals surface area contributed by atoms with Gasteiger partial charge in [0.05, 0.1) is 7.11 Å². The summed E-state index contributed by atoms with van der Waals surface area (Å²) in [5.74, 6) is 0.937. The first-order valence-corrected chi connectivity index (χ1v) is 6.81. The van der Waals surface area contributed by atoms with Crippen LogP contribution >= 0.6 is 0 Å². The van der Waals surface area contributed by atoms with Crippen LogP contribution in [0.5, 0.6) is 5.75 Å². The third-order valence-corrected chi connectivity index (χ3v) is 3.71. The topological polar surface area (TPSA) is 32.7 Å². The molecule has 0 aliphatic carbocycles.